The number of morpholine rings is 1. The summed E-state index contributed by atoms with van der Waals surface area (Å²) in [5, 5.41) is 12.2. The van der Waals surface area contributed by atoms with Crippen molar-refractivity contribution in [1.82, 2.24) is 15.1 Å². The van der Waals surface area contributed by atoms with Gasteiger partial charge in [-0.3, -0.25) is 9.69 Å². The van der Waals surface area contributed by atoms with Gasteiger partial charge in [0.15, 0.2) is 0 Å². The third-order valence-electron chi connectivity index (χ3n) is 3.56. The Morgan fingerprint density at radius 1 is 1.33 bits per heavy atom. The van der Waals surface area contributed by atoms with Crippen LogP contribution in [0, 0.1) is 0 Å². The molecule has 0 spiro atoms. The zero-order valence-corrected chi connectivity index (χ0v) is 10.8. The molecule has 1 unspecified atom stereocenters. The van der Waals surface area contributed by atoms with Gasteiger partial charge in [-0.25, -0.2) is 0 Å². The van der Waals surface area contributed by atoms with Crippen LogP contribution in [0.5, 0.6) is 0 Å². The van der Waals surface area contributed by atoms with E-state index in [1.165, 1.54) is 0 Å². The van der Waals surface area contributed by atoms with E-state index in [2.05, 4.69) is 10.2 Å². The number of carbonyl (C=O) groups excluding carboxylic acids is 1. The molecule has 0 aromatic carbocycles. The summed E-state index contributed by atoms with van der Waals surface area (Å²) < 4.78 is 5.35. The molecule has 2 heterocycles. The number of nitrogens with zero attached hydrogens (tertiary/aromatic N) is 2. The average Bonchev–Trinajstić information content (AvgIpc) is 2.41. The van der Waals surface area contributed by atoms with Gasteiger partial charge in [-0.15, -0.1) is 0 Å². The summed E-state index contributed by atoms with van der Waals surface area (Å²) in [6, 6.07) is 0.168. The molecule has 6 nitrogen and oxygen atoms in total. The number of ether oxygens (including phenoxy) is 1. The Kier molecular flexibility index (Phi) is 5.37. The fraction of sp³-hybridized carbons (Fsp3) is 0.917. The van der Waals surface area contributed by atoms with E-state index in [1.54, 1.807) is 0 Å². The maximum absolute atomic E-state index is 12.1. The molecule has 2 N–H and O–H groups in total. The van der Waals surface area contributed by atoms with Gasteiger partial charge in [0.1, 0.15) is 0 Å². The standard InChI is InChI=1S/C12H23N3O3/c16-7-6-14-2-4-15(5-3-14)12(17)9-11-10-18-8-1-13-11/h11,13,16H,1-10H2. The minimum Gasteiger partial charge on any atom is -0.395 e. The molecule has 0 saturated carbocycles. The van der Waals surface area contributed by atoms with Gasteiger partial charge in [0.2, 0.25) is 5.91 Å². The first-order valence-electron chi connectivity index (χ1n) is 6.71. The molecule has 0 aliphatic carbocycles. The summed E-state index contributed by atoms with van der Waals surface area (Å²) in [7, 11) is 0. The van der Waals surface area contributed by atoms with E-state index >= 15 is 0 Å². The Hall–Kier alpha value is -0.690. The van der Waals surface area contributed by atoms with Crippen LogP contribution in [-0.4, -0.2) is 85.9 Å². The number of piperazine rings is 1. The quantitative estimate of drug-likeness (QED) is 0.642. The van der Waals surface area contributed by atoms with Crippen LogP contribution in [0.25, 0.3) is 0 Å². The van der Waals surface area contributed by atoms with Crippen molar-refractivity contribution in [3.8, 4) is 0 Å². The fourth-order valence-corrected chi connectivity index (χ4v) is 2.45. The van der Waals surface area contributed by atoms with Crippen LogP contribution >= 0.6 is 0 Å². The summed E-state index contributed by atoms with van der Waals surface area (Å²) in [6.45, 7) is 6.38. The van der Waals surface area contributed by atoms with Gasteiger partial charge in [0.25, 0.3) is 0 Å². The van der Waals surface area contributed by atoms with Crippen LogP contribution in [-0.2, 0) is 9.53 Å². The molecule has 0 aromatic heterocycles. The monoisotopic (exact) mass is 257 g/mol. The molecule has 6 heteroatoms. The smallest absolute Gasteiger partial charge is 0.224 e. The normalized spacial score (nSPS) is 26.3. The SMILES string of the molecule is O=C(CC1COCCN1)N1CCN(CCO)CC1. The highest BCUT2D eigenvalue weighted by Gasteiger charge is 2.24. The summed E-state index contributed by atoms with van der Waals surface area (Å²) in [6.07, 6.45) is 0.528. The highest BCUT2D eigenvalue weighted by Crippen LogP contribution is 2.06. The molecule has 0 radical (unpaired) electrons. The number of rotatable bonds is 4. The molecule has 0 aromatic rings. The van der Waals surface area contributed by atoms with Gasteiger partial charge in [-0.1, -0.05) is 0 Å². The van der Waals surface area contributed by atoms with E-state index < -0.39 is 0 Å². The number of amides is 1. The van der Waals surface area contributed by atoms with E-state index in [0.29, 0.717) is 19.6 Å². The molecule has 0 bridgehead atoms. The summed E-state index contributed by atoms with van der Waals surface area (Å²) in [5.41, 5.74) is 0. The second-order valence-electron chi connectivity index (χ2n) is 4.88. The van der Waals surface area contributed by atoms with Crippen molar-refractivity contribution < 1.29 is 14.6 Å². The molecule has 2 rings (SSSR count). The molecule has 104 valence electrons. The minimum absolute atomic E-state index is 0.168. The topological polar surface area (TPSA) is 65.0 Å². The predicted molar refractivity (Wildman–Crippen MR) is 67.3 cm³/mol. The van der Waals surface area contributed by atoms with E-state index in [0.717, 1.165) is 39.3 Å². The highest BCUT2D eigenvalue weighted by atomic mass is 16.5. The Morgan fingerprint density at radius 3 is 2.72 bits per heavy atom. The second kappa shape index (κ2) is 7.04. The first kappa shape index (κ1) is 13.7. The molecule has 2 aliphatic heterocycles. The lowest BCUT2D eigenvalue weighted by Gasteiger charge is -2.35. The van der Waals surface area contributed by atoms with Gasteiger partial charge < -0.3 is 20.1 Å². The van der Waals surface area contributed by atoms with Crippen molar-refractivity contribution in [3.63, 3.8) is 0 Å². The third kappa shape index (κ3) is 3.91. The summed E-state index contributed by atoms with van der Waals surface area (Å²) in [4.78, 5) is 16.2. The number of aliphatic hydroxyl groups is 1. The molecule has 1 atom stereocenters. The lowest BCUT2D eigenvalue weighted by molar-refractivity contribution is -0.134. The molecule has 1 amide bonds. The minimum atomic E-state index is 0.168. The van der Waals surface area contributed by atoms with E-state index in [4.69, 9.17) is 9.84 Å². The van der Waals surface area contributed by atoms with Crippen molar-refractivity contribution in [2.24, 2.45) is 0 Å². The van der Waals surface area contributed by atoms with Crippen LogP contribution in [0.4, 0.5) is 0 Å². The van der Waals surface area contributed by atoms with Crippen molar-refractivity contribution >= 4 is 5.91 Å². The van der Waals surface area contributed by atoms with Crippen LogP contribution in [0.3, 0.4) is 0 Å². The number of β-amino-alcohol motifs (C(OH)–C–C–N with tert-alkyl or cyclic N) is 1. The highest BCUT2D eigenvalue weighted by molar-refractivity contribution is 5.77. The number of aliphatic hydroxyl groups excluding tert-OH is 1. The van der Waals surface area contributed by atoms with Gasteiger partial charge in [0, 0.05) is 51.7 Å². The lowest BCUT2D eigenvalue weighted by atomic mass is 10.1. The first-order valence-corrected chi connectivity index (χ1v) is 6.71. The summed E-state index contributed by atoms with van der Waals surface area (Å²) >= 11 is 0. The first-order chi connectivity index (χ1) is 8.79. The Morgan fingerprint density at radius 2 is 2.11 bits per heavy atom. The zero-order valence-electron chi connectivity index (χ0n) is 10.8. The van der Waals surface area contributed by atoms with E-state index in [1.807, 2.05) is 4.90 Å². The molecule has 2 fully saturated rings. The average molecular weight is 257 g/mol. The van der Waals surface area contributed by atoms with Crippen LogP contribution in [0.1, 0.15) is 6.42 Å². The van der Waals surface area contributed by atoms with E-state index in [-0.39, 0.29) is 18.6 Å². The van der Waals surface area contributed by atoms with Gasteiger partial charge in [-0.05, 0) is 0 Å². The van der Waals surface area contributed by atoms with Crippen LogP contribution < -0.4 is 5.32 Å². The van der Waals surface area contributed by atoms with Crippen LogP contribution in [0.15, 0.2) is 0 Å². The van der Waals surface area contributed by atoms with Crippen molar-refractivity contribution in [3.05, 3.63) is 0 Å². The van der Waals surface area contributed by atoms with Gasteiger partial charge in [-0.2, -0.15) is 0 Å². The van der Waals surface area contributed by atoms with Gasteiger partial charge >= 0.3 is 0 Å². The van der Waals surface area contributed by atoms with Crippen molar-refractivity contribution in [2.45, 2.75) is 12.5 Å². The zero-order chi connectivity index (χ0) is 12.8. The number of hydrogen-bond acceptors (Lipinski definition) is 5. The maximum atomic E-state index is 12.1. The number of hydrogen-bond donors (Lipinski definition) is 2. The molecule has 2 saturated heterocycles. The Balaban J connectivity index is 1.70. The Bertz CT molecular complexity index is 261. The second-order valence-corrected chi connectivity index (χ2v) is 4.88. The Labute approximate surface area is 108 Å². The van der Waals surface area contributed by atoms with Crippen molar-refractivity contribution in [2.75, 3.05) is 59.1 Å². The molecular formula is C12H23N3O3. The van der Waals surface area contributed by atoms with E-state index in [9.17, 15) is 4.79 Å². The lowest BCUT2D eigenvalue weighted by Crippen LogP contribution is -2.51. The van der Waals surface area contributed by atoms with Crippen molar-refractivity contribution in [1.29, 1.82) is 0 Å². The number of nitrogens with one attached hydrogen (secondary N) is 1. The number of carbonyl (C=O) groups is 1. The molecular weight excluding hydrogens is 234 g/mol. The largest absolute Gasteiger partial charge is 0.395 e. The predicted octanol–water partition coefficient (Wildman–Crippen LogP) is -1.50. The molecule has 2 aliphatic rings. The third-order valence-corrected chi connectivity index (χ3v) is 3.56. The summed E-state index contributed by atoms with van der Waals surface area (Å²) in [5.74, 6) is 0.210. The van der Waals surface area contributed by atoms with Crippen LogP contribution in [0.2, 0.25) is 0 Å². The fourth-order valence-electron chi connectivity index (χ4n) is 2.45. The molecule has 18 heavy (non-hydrogen) atoms. The van der Waals surface area contributed by atoms with Gasteiger partial charge in [0.05, 0.1) is 19.8 Å². The maximum Gasteiger partial charge on any atom is 0.224 e.